The van der Waals surface area contributed by atoms with E-state index in [1.807, 2.05) is 0 Å². The van der Waals surface area contributed by atoms with Crippen LogP contribution in [0, 0.1) is 16.7 Å². The fourth-order valence-electron chi connectivity index (χ4n) is 4.33. The van der Waals surface area contributed by atoms with Gasteiger partial charge in [-0.1, -0.05) is 13.8 Å². The summed E-state index contributed by atoms with van der Waals surface area (Å²) >= 11 is 0. The third-order valence-corrected chi connectivity index (χ3v) is 5.83. The monoisotopic (exact) mass is 487 g/mol. The van der Waals surface area contributed by atoms with E-state index >= 15 is 0 Å². The summed E-state index contributed by atoms with van der Waals surface area (Å²) < 4.78 is 28.8. The van der Waals surface area contributed by atoms with Crippen LogP contribution in [0.4, 0.5) is 10.6 Å². The van der Waals surface area contributed by atoms with Crippen molar-refractivity contribution in [3.05, 3.63) is 24.2 Å². The Hall–Kier alpha value is -3.92. The molecule has 2 aromatic rings. The molecule has 2 aliphatic heterocycles. The Kier molecular flexibility index (Phi) is 6.25. The van der Waals surface area contributed by atoms with Gasteiger partial charge in [0.05, 0.1) is 25.1 Å². The second-order valence-electron chi connectivity index (χ2n) is 9.04. The van der Waals surface area contributed by atoms with Crippen molar-refractivity contribution in [3.8, 4) is 6.07 Å². The van der Waals surface area contributed by atoms with Gasteiger partial charge in [0.2, 0.25) is 5.60 Å². The number of fused-ring (bicyclic) bond motifs is 2. The fourth-order valence-corrected chi connectivity index (χ4v) is 4.33. The first-order valence-corrected chi connectivity index (χ1v) is 11.0. The zero-order valence-electron chi connectivity index (χ0n) is 19.4. The van der Waals surface area contributed by atoms with E-state index in [0.29, 0.717) is 5.52 Å². The maximum atomic E-state index is 12.9. The van der Waals surface area contributed by atoms with E-state index in [9.17, 15) is 19.6 Å². The third kappa shape index (κ3) is 4.44. The van der Waals surface area contributed by atoms with Crippen LogP contribution in [-0.2, 0) is 38.9 Å². The average Bonchev–Trinajstić information content (AvgIpc) is 3.33. The van der Waals surface area contributed by atoms with Crippen molar-refractivity contribution in [2.24, 2.45) is 5.41 Å². The number of nitriles is 1. The second kappa shape index (κ2) is 9.03. The molecule has 13 nitrogen and oxygen atoms in total. The summed E-state index contributed by atoms with van der Waals surface area (Å²) in [5.74, 6) is -1.11. The average molecular weight is 487 g/mol. The summed E-state index contributed by atoms with van der Waals surface area (Å²) in [6, 6.07) is 5.18. The van der Waals surface area contributed by atoms with Crippen LogP contribution in [0.15, 0.2) is 18.5 Å². The van der Waals surface area contributed by atoms with E-state index in [1.54, 1.807) is 26.8 Å². The minimum Gasteiger partial charge on any atom is -0.455 e. The Labute approximate surface area is 200 Å². The third-order valence-electron chi connectivity index (χ3n) is 5.83. The number of carbonyl (C=O) groups excluding carboxylic acids is 3. The van der Waals surface area contributed by atoms with E-state index in [4.69, 9.17) is 29.4 Å². The van der Waals surface area contributed by atoms with Crippen LogP contribution >= 0.6 is 0 Å². The zero-order chi connectivity index (χ0) is 25.4. The predicted molar refractivity (Wildman–Crippen MR) is 115 cm³/mol. The molecule has 0 amide bonds. The highest BCUT2D eigenvalue weighted by atomic mass is 16.7. The molecular formula is C22H25N5O8. The van der Waals surface area contributed by atoms with Crippen molar-refractivity contribution >= 4 is 29.4 Å². The van der Waals surface area contributed by atoms with Crippen LogP contribution in [0.5, 0.6) is 0 Å². The van der Waals surface area contributed by atoms with Gasteiger partial charge in [0, 0.05) is 0 Å². The highest BCUT2D eigenvalue weighted by molar-refractivity contribution is 5.75. The second-order valence-corrected chi connectivity index (χ2v) is 9.04. The number of nitrogen functional groups attached to an aromatic ring is 1. The van der Waals surface area contributed by atoms with Gasteiger partial charge < -0.3 is 29.4 Å². The van der Waals surface area contributed by atoms with E-state index in [0.717, 1.165) is 0 Å². The summed E-state index contributed by atoms with van der Waals surface area (Å²) in [5.41, 5.74) is 3.76. The summed E-state index contributed by atoms with van der Waals surface area (Å²) in [6.07, 6.45) is -3.77. The summed E-state index contributed by atoms with van der Waals surface area (Å²) in [7, 11) is 0. The molecule has 0 aliphatic carbocycles. The van der Waals surface area contributed by atoms with Crippen LogP contribution in [0.25, 0.3) is 5.52 Å². The molecule has 13 heteroatoms. The lowest BCUT2D eigenvalue weighted by molar-refractivity contribution is -0.166. The molecule has 0 aromatic carbocycles. The van der Waals surface area contributed by atoms with Crippen molar-refractivity contribution in [2.45, 2.75) is 57.5 Å². The molecule has 2 aromatic heterocycles. The lowest BCUT2D eigenvalue weighted by Gasteiger charge is -2.28. The molecule has 0 radical (unpaired) electrons. The molecule has 35 heavy (non-hydrogen) atoms. The highest BCUT2D eigenvalue weighted by Gasteiger charge is 2.63. The SMILES string of the molecule is CCOC(=O)OC[C@H]1O[C@@](C#N)(c2ccc3c(N)ncnn23)[C@@H]2OC(=O)CC(C)(C)CC(=O)O[C@@H]21. The quantitative estimate of drug-likeness (QED) is 0.483. The zero-order valence-corrected chi connectivity index (χ0v) is 19.4. The molecule has 4 heterocycles. The van der Waals surface area contributed by atoms with E-state index in [-0.39, 0.29) is 31.0 Å². The van der Waals surface area contributed by atoms with Crippen molar-refractivity contribution in [3.63, 3.8) is 0 Å². The number of nitrogens with zero attached hydrogens (tertiary/aromatic N) is 4. The van der Waals surface area contributed by atoms with Gasteiger partial charge >= 0.3 is 18.1 Å². The summed E-state index contributed by atoms with van der Waals surface area (Å²) in [6.45, 7) is 4.71. The molecule has 2 fully saturated rings. The largest absolute Gasteiger partial charge is 0.508 e. The number of hydrogen-bond donors (Lipinski definition) is 1. The molecule has 2 saturated heterocycles. The predicted octanol–water partition coefficient (Wildman–Crippen LogP) is 1.25. The maximum Gasteiger partial charge on any atom is 0.508 e. The molecule has 2 N–H and O–H groups in total. The number of nitrogens with two attached hydrogens (primary N) is 1. The van der Waals surface area contributed by atoms with Gasteiger partial charge in [-0.15, -0.1) is 0 Å². The molecule has 186 valence electrons. The van der Waals surface area contributed by atoms with Gasteiger partial charge in [-0.05, 0) is 24.5 Å². The van der Waals surface area contributed by atoms with Crippen LogP contribution in [0.3, 0.4) is 0 Å². The van der Waals surface area contributed by atoms with E-state index in [2.05, 4.69) is 16.2 Å². The number of ether oxygens (including phenoxy) is 5. The first-order valence-electron chi connectivity index (χ1n) is 11.0. The van der Waals surface area contributed by atoms with Gasteiger partial charge in [-0.3, -0.25) is 9.59 Å². The van der Waals surface area contributed by atoms with Gasteiger partial charge in [-0.2, -0.15) is 10.4 Å². The first-order chi connectivity index (χ1) is 16.6. The van der Waals surface area contributed by atoms with Gasteiger partial charge in [0.1, 0.15) is 30.6 Å². The van der Waals surface area contributed by atoms with E-state index in [1.165, 1.54) is 16.9 Å². The first kappa shape index (κ1) is 24.2. The lowest BCUT2D eigenvalue weighted by atomic mass is 9.86. The molecule has 4 atom stereocenters. The number of esters is 2. The standard InChI is InChI=1S/C22H25N5O8/c1-4-31-20(30)32-9-13-17-18(34-16(29)8-21(2,3)7-15(28)33-17)22(10-23,35-13)14-6-5-12-19(24)25-11-26-27(12)14/h5-6,11,13,17-18H,4,7-9H2,1-3H3,(H2,24,25,26)/t13-,17-,18-,22+/m1/s1. The van der Waals surface area contributed by atoms with Gasteiger partial charge in [0.15, 0.2) is 18.0 Å². The summed E-state index contributed by atoms with van der Waals surface area (Å²) in [4.78, 5) is 41.4. The van der Waals surface area contributed by atoms with Crippen molar-refractivity contribution in [1.82, 2.24) is 14.6 Å². The molecule has 0 bridgehead atoms. The Morgan fingerprint density at radius 1 is 1.26 bits per heavy atom. The molecule has 4 rings (SSSR count). The Morgan fingerprint density at radius 2 is 1.97 bits per heavy atom. The molecule has 0 unspecified atom stereocenters. The van der Waals surface area contributed by atoms with Crippen LogP contribution in [0.2, 0.25) is 0 Å². The summed E-state index contributed by atoms with van der Waals surface area (Å²) in [5, 5.41) is 14.6. The van der Waals surface area contributed by atoms with Crippen LogP contribution in [-0.4, -0.2) is 64.2 Å². The molecule has 0 spiro atoms. The number of carbonyl (C=O) groups is 3. The van der Waals surface area contributed by atoms with Gasteiger partial charge in [0.25, 0.3) is 0 Å². The Bertz CT molecular complexity index is 1200. The minimum atomic E-state index is -1.98. The number of aromatic nitrogens is 3. The molecule has 0 saturated carbocycles. The topological polar surface area (TPSA) is 177 Å². The Morgan fingerprint density at radius 3 is 2.66 bits per heavy atom. The number of hydrogen-bond acceptors (Lipinski definition) is 12. The number of anilines is 1. The Balaban J connectivity index is 1.81. The molecular weight excluding hydrogens is 462 g/mol. The normalized spacial score (nSPS) is 28.0. The van der Waals surface area contributed by atoms with Crippen molar-refractivity contribution in [2.75, 3.05) is 18.9 Å². The lowest BCUT2D eigenvalue weighted by Crippen LogP contribution is -2.45. The minimum absolute atomic E-state index is 0.0753. The van der Waals surface area contributed by atoms with Crippen LogP contribution in [0.1, 0.15) is 39.3 Å². The van der Waals surface area contributed by atoms with Crippen molar-refractivity contribution in [1.29, 1.82) is 5.26 Å². The van der Waals surface area contributed by atoms with Crippen molar-refractivity contribution < 1.29 is 38.1 Å². The number of rotatable bonds is 4. The highest BCUT2D eigenvalue weighted by Crippen LogP contribution is 2.45. The molecule has 2 aliphatic rings. The smallest absolute Gasteiger partial charge is 0.455 e. The maximum absolute atomic E-state index is 12.9. The fraction of sp³-hybridized carbons (Fsp3) is 0.545. The van der Waals surface area contributed by atoms with Gasteiger partial charge in [-0.25, -0.2) is 14.3 Å². The van der Waals surface area contributed by atoms with E-state index < -0.39 is 54.0 Å². The van der Waals surface area contributed by atoms with Crippen LogP contribution < -0.4 is 5.73 Å².